The summed E-state index contributed by atoms with van der Waals surface area (Å²) in [5.41, 5.74) is 0. The Hall–Kier alpha value is -0.570. The molecule has 2 aliphatic rings. The van der Waals surface area contributed by atoms with Gasteiger partial charge in [0.25, 0.3) is 0 Å². The van der Waals surface area contributed by atoms with E-state index in [1.54, 1.807) is 0 Å². The third-order valence-corrected chi connectivity index (χ3v) is 4.43. The molecule has 1 saturated heterocycles. The second-order valence-corrected chi connectivity index (χ2v) is 5.89. The van der Waals surface area contributed by atoms with Gasteiger partial charge in [0, 0.05) is 6.04 Å². The number of hydrogen-bond acceptors (Lipinski definition) is 2. The van der Waals surface area contributed by atoms with Crippen molar-refractivity contribution in [1.82, 2.24) is 10.2 Å². The van der Waals surface area contributed by atoms with Gasteiger partial charge < -0.3 is 4.90 Å². The van der Waals surface area contributed by atoms with Crippen LogP contribution < -0.4 is 5.32 Å². The Morgan fingerprint density at radius 3 is 2.71 bits per heavy atom. The summed E-state index contributed by atoms with van der Waals surface area (Å²) in [5, 5.41) is 3.37. The van der Waals surface area contributed by atoms with Gasteiger partial charge in [0.05, 0.1) is 12.7 Å². The molecule has 0 aromatic rings. The molecule has 0 spiro atoms. The molecule has 1 saturated carbocycles. The Morgan fingerprint density at radius 2 is 2.06 bits per heavy atom. The smallest absolute Gasteiger partial charge is 0.238 e. The molecule has 1 aliphatic heterocycles. The molecule has 3 heteroatoms. The standard InChI is InChI=1S/C14H26N2O/c1-4-11-7-5-6-8-12(11)16-13(17)9-15-14(16)10(2)3/h10-12,14-15H,4-9H2,1-3H3. The van der Waals surface area contributed by atoms with E-state index in [9.17, 15) is 4.79 Å². The largest absolute Gasteiger partial charge is 0.323 e. The molecule has 1 aliphatic carbocycles. The molecule has 2 rings (SSSR count). The number of rotatable bonds is 3. The predicted molar refractivity (Wildman–Crippen MR) is 69.5 cm³/mol. The first-order valence-corrected chi connectivity index (χ1v) is 7.19. The molecule has 2 fully saturated rings. The maximum absolute atomic E-state index is 12.1. The molecule has 3 nitrogen and oxygen atoms in total. The van der Waals surface area contributed by atoms with Gasteiger partial charge in [0.2, 0.25) is 5.91 Å². The van der Waals surface area contributed by atoms with Gasteiger partial charge in [-0.25, -0.2) is 0 Å². The fraction of sp³-hybridized carbons (Fsp3) is 0.929. The molecule has 3 unspecified atom stereocenters. The van der Waals surface area contributed by atoms with Gasteiger partial charge >= 0.3 is 0 Å². The topological polar surface area (TPSA) is 32.3 Å². The van der Waals surface area contributed by atoms with Gasteiger partial charge in [0.1, 0.15) is 0 Å². The first-order valence-electron chi connectivity index (χ1n) is 7.19. The minimum absolute atomic E-state index is 0.264. The van der Waals surface area contributed by atoms with Crippen LogP contribution in [-0.2, 0) is 4.79 Å². The van der Waals surface area contributed by atoms with Gasteiger partial charge in [-0.1, -0.05) is 40.0 Å². The molecular weight excluding hydrogens is 212 g/mol. The lowest BCUT2D eigenvalue weighted by atomic mass is 9.81. The fourth-order valence-electron chi connectivity index (χ4n) is 3.52. The second kappa shape index (κ2) is 5.38. The lowest BCUT2D eigenvalue weighted by Gasteiger charge is -2.41. The summed E-state index contributed by atoms with van der Waals surface area (Å²) < 4.78 is 0. The summed E-state index contributed by atoms with van der Waals surface area (Å²) in [5.74, 6) is 1.53. The van der Waals surface area contributed by atoms with Crippen molar-refractivity contribution in [3.63, 3.8) is 0 Å². The predicted octanol–water partition coefficient (Wildman–Crippen LogP) is 2.37. The summed E-state index contributed by atoms with van der Waals surface area (Å²) in [4.78, 5) is 14.3. The van der Waals surface area contributed by atoms with Crippen molar-refractivity contribution in [3.05, 3.63) is 0 Å². The van der Waals surface area contributed by atoms with Crippen LogP contribution in [0.1, 0.15) is 52.9 Å². The second-order valence-electron chi connectivity index (χ2n) is 5.89. The zero-order valence-corrected chi connectivity index (χ0v) is 11.4. The van der Waals surface area contributed by atoms with Gasteiger partial charge in [-0.15, -0.1) is 0 Å². The highest BCUT2D eigenvalue weighted by Crippen LogP contribution is 2.33. The summed E-state index contributed by atoms with van der Waals surface area (Å²) >= 11 is 0. The summed E-state index contributed by atoms with van der Waals surface area (Å²) in [6.45, 7) is 7.21. The van der Waals surface area contributed by atoms with Crippen molar-refractivity contribution in [3.8, 4) is 0 Å². The van der Waals surface area contributed by atoms with E-state index in [0.29, 0.717) is 30.3 Å². The van der Waals surface area contributed by atoms with Gasteiger partial charge in [-0.3, -0.25) is 10.1 Å². The Bertz CT molecular complexity index is 277. The summed E-state index contributed by atoms with van der Waals surface area (Å²) in [6, 6.07) is 0.489. The number of hydrogen-bond donors (Lipinski definition) is 1. The van der Waals surface area contributed by atoms with Crippen LogP contribution in [0.5, 0.6) is 0 Å². The molecular formula is C14H26N2O. The zero-order valence-electron chi connectivity index (χ0n) is 11.4. The highest BCUT2D eigenvalue weighted by Gasteiger charge is 2.40. The SMILES string of the molecule is CCC1CCCCC1N1C(=O)CNC1C(C)C. The first-order chi connectivity index (χ1) is 8.15. The molecule has 1 heterocycles. The normalized spacial score (nSPS) is 34.7. The van der Waals surface area contributed by atoms with E-state index in [1.165, 1.54) is 32.1 Å². The van der Waals surface area contributed by atoms with E-state index in [2.05, 4.69) is 31.0 Å². The quantitative estimate of drug-likeness (QED) is 0.818. The fourth-order valence-corrected chi connectivity index (χ4v) is 3.52. The minimum atomic E-state index is 0.264. The Balaban J connectivity index is 2.14. The average Bonchev–Trinajstić information content (AvgIpc) is 2.71. The van der Waals surface area contributed by atoms with E-state index in [0.717, 1.165) is 0 Å². The van der Waals surface area contributed by atoms with E-state index in [4.69, 9.17) is 0 Å². The molecule has 1 N–H and O–H groups in total. The monoisotopic (exact) mass is 238 g/mol. The number of nitrogens with one attached hydrogen (secondary N) is 1. The molecule has 0 aromatic heterocycles. The van der Waals surface area contributed by atoms with Gasteiger partial charge in [-0.2, -0.15) is 0 Å². The van der Waals surface area contributed by atoms with Crippen LogP contribution in [0, 0.1) is 11.8 Å². The molecule has 0 radical (unpaired) electrons. The highest BCUT2D eigenvalue weighted by molar-refractivity contribution is 5.81. The van der Waals surface area contributed by atoms with Crippen LogP contribution in [-0.4, -0.2) is 29.6 Å². The first kappa shape index (κ1) is 12.9. The van der Waals surface area contributed by atoms with Crippen LogP contribution in [0.2, 0.25) is 0 Å². The van der Waals surface area contributed by atoms with E-state index in [-0.39, 0.29) is 6.17 Å². The summed E-state index contributed by atoms with van der Waals surface area (Å²) in [7, 11) is 0. The molecule has 1 amide bonds. The van der Waals surface area contributed by atoms with Crippen molar-refractivity contribution in [2.45, 2.75) is 65.1 Å². The lowest BCUT2D eigenvalue weighted by molar-refractivity contribution is -0.133. The average molecular weight is 238 g/mol. The van der Waals surface area contributed by atoms with Gasteiger partial charge in [0.15, 0.2) is 0 Å². The third kappa shape index (κ3) is 2.49. The molecule has 0 bridgehead atoms. The molecule has 0 aromatic carbocycles. The third-order valence-electron chi connectivity index (χ3n) is 4.43. The molecule has 17 heavy (non-hydrogen) atoms. The van der Waals surface area contributed by atoms with Crippen LogP contribution in [0.25, 0.3) is 0 Å². The van der Waals surface area contributed by atoms with Crippen LogP contribution in [0.3, 0.4) is 0 Å². The lowest BCUT2D eigenvalue weighted by Crippen LogP contribution is -2.51. The van der Waals surface area contributed by atoms with Crippen LogP contribution >= 0.6 is 0 Å². The number of carbonyl (C=O) groups is 1. The maximum Gasteiger partial charge on any atom is 0.238 e. The summed E-state index contributed by atoms with van der Waals surface area (Å²) in [6.07, 6.45) is 6.61. The van der Waals surface area contributed by atoms with Crippen molar-refractivity contribution in [1.29, 1.82) is 0 Å². The number of carbonyl (C=O) groups excluding carboxylic acids is 1. The van der Waals surface area contributed by atoms with E-state index >= 15 is 0 Å². The van der Waals surface area contributed by atoms with E-state index < -0.39 is 0 Å². The zero-order chi connectivity index (χ0) is 12.4. The molecule has 98 valence electrons. The van der Waals surface area contributed by atoms with Crippen molar-refractivity contribution < 1.29 is 4.79 Å². The Kier molecular flexibility index (Phi) is 4.08. The van der Waals surface area contributed by atoms with Gasteiger partial charge in [-0.05, 0) is 24.7 Å². The molecule has 3 atom stereocenters. The van der Waals surface area contributed by atoms with Crippen LogP contribution in [0.4, 0.5) is 0 Å². The number of amides is 1. The Labute approximate surface area is 105 Å². The van der Waals surface area contributed by atoms with Crippen molar-refractivity contribution in [2.24, 2.45) is 11.8 Å². The Morgan fingerprint density at radius 1 is 1.35 bits per heavy atom. The minimum Gasteiger partial charge on any atom is -0.323 e. The highest BCUT2D eigenvalue weighted by atomic mass is 16.2. The van der Waals surface area contributed by atoms with Crippen molar-refractivity contribution >= 4 is 5.91 Å². The van der Waals surface area contributed by atoms with Crippen molar-refractivity contribution in [2.75, 3.05) is 6.54 Å². The van der Waals surface area contributed by atoms with Crippen LogP contribution in [0.15, 0.2) is 0 Å². The number of nitrogens with zero attached hydrogens (tertiary/aromatic N) is 1. The van der Waals surface area contributed by atoms with E-state index in [1.807, 2.05) is 0 Å². The maximum atomic E-state index is 12.1.